The predicted molar refractivity (Wildman–Crippen MR) is 94.2 cm³/mol. The Morgan fingerprint density at radius 2 is 1.52 bits per heavy atom. The Bertz CT molecular complexity index is 922. The molecule has 0 bridgehead atoms. The van der Waals surface area contributed by atoms with Gasteiger partial charge < -0.3 is 10.1 Å². The van der Waals surface area contributed by atoms with E-state index in [9.17, 15) is 40.3 Å². The van der Waals surface area contributed by atoms with Gasteiger partial charge in [-0.2, -0.15) is 26.3 Å². The van der Waals surface area contributed by atoms with Crippen molar-refractivity contribution >= 4 is 11.9 Å². The van der Waals surface area contributed by atoms with Gasteiger partial charge in [0.1, 0.15) is 11.9 Å². The number of hydrogen-bond donors (Lipinski definition) is 1. The van der Waals surface area contributed by atoms with Crippen LogP contribution in [0.4, 0.5) is 30.7 Å². The molecule has 4 nitrogen and oxygen atoms in total. The second kappa shape index (κ2) is 9.36. The van der Waals surface area contributed by atoms with Gasteiger partial charge in [0.2, 0.25) is 5.91 Å². The maximum absolute atomic E-state index is 13.3. The van der Waals surface area contributed by atoms with Crippen molar-refractivity contribution in [2.45, 2.75) is 31.2 Å². The normalized spacial score (nSPS) is 12.9. The third kappa shape index (κ3) is 6.97. The maximum atomic E-state index is 13.3. The van der Waals surface area contributed by atoms with Gasteiger partial charge in [0.25, 0.3) is 0 Å². The van der Waals surface area contributed by atoms with E-state index in [1.165, 1.54) is 12.1 Å². The van der Waals surface area contributed by atoms with E-state index in [0.29, 0.717) is 17.7 Å². The standard InChI is InChI=1S/C20H16F7NO3/c1-31-18(30)16(8-11-3-2-4-15(21)7-11)28-17(29)9-12-5-13(19(22,23)24)10-14(6-12)20(25,26)27/h2-7,10,16H,8-9H2,1H3,(H,28,29)/t16-/m1/s1. The number of hydrogen-bond acceptors (Lipinski definition) is 3. The number of alkyl halides is 6. The van der Waals surface area contributed by atoms with Crippen LogP contribution < -0.4 is 5.32 Å². The van der Waals surface area contributed by atoms with Crippen LogP contribution in [0.1, 0.15) is 22.3 Å². The van der Waals surface area contributed by atoms with Crippen molar-refractivity contribution in [3.63, 3.8) is 0 Å². The molecule has 0 fully saturated rings. The highest BCUT2D eigenvalue weighted by Gasteiger charge is 2.37. The molecule has 2 rings (SSSR count). The maximum Gasteiger partial charge on any atom is 0.416 e. The summed E-state index contributed by atoms with van der Waals surface area (Å²) in [4.78, 5) is 24.2. The number of nitrogens with one attached hydrogen (secondary N) is 1. The van der Waals surface area contributed by atoms with Crippen molar-refractivity contribution in [2.75, 3.05) is 7.11 Å². The molecular weight excluding hydrogens is 435 g/mol. The van der Waals surface area contributed by atoms with E-state index in [0.717, 1.165) is 19.2 Å². The van der Waals surface area contributed by atoms with Gasteiger partial charge >= 0.3 is 18.3 Å². The number of rotatable bonds is 6. The average molecular weight is 451 g/mol. The van der Waals surface area contributed by atoms with Crippen LogP contribution in [-0.4, -0.2) is 25.0 Å². The lowest BCUT2D eigenvalue weighted by Gasteiger charge is -2.18. The average Bonchev–Trinajstić information content (AvgIpc) is 2.65. The minimum Gasteiger partial charge on any atom is -0.467 e. The molecule has 0 aliphatic carbocycles. The van der Waals surface area contributed by atoms with E-state index in [4.69, 9.17) is 0 Å². The molecule has 0 heterocycles. The fourth-order valence-corrected chi connectivity index (χ4v) is 2.79. The molecule has 1 amide bonds. The molecule has 11 heteroatoms. The third-order valence-electron chi connectivity index (χ3n) is 4.16. The number of methoxy groups -OCH3 is 1. The first-order valence-electron chi connectivity index (χ1n) is 8.69. The number of carbonyl (C=O) groups excluding carboxylic acids is 2. The Labute approximate surface area is 172 Å². The summed E-state index contributed by atoms with van der Waals surface area (Å²) in [7, 11) is 1.02. The van der Waals surface area contributed by atoms with Crippen molar-refractivity contribution in [3.05, 3.63) is 70.5 Å². The zero-order valence-electron chi connectivity index (χ0n) is 15.9. The van der Waals surface area contributed by atoms with Crippen molar-refractivity contribution in [3.8, 4) is 0 Å². The molecule has 2 aromatic rings. The van der Waals surface area contributed by atoms with Crippen molar-refractivity contribution in [1.82, 2.24) is 5.32 Å². The summed E-state index contributed by atoms with van der Waals surface area (Å²) in [6.07, 6.45) is -11.2. The summed E-state index contributed by atoms with van der Waals surface area (Å²) >= 11 is 0. The summed E-state index contributed by atoms with van der Waals surface area (Å²) in [6.45, 7) is 0. The van der Waals surface area contributed by atoms with Crippen LogP contribution in [0.15, 0.2) is 42.5 Å². The molecule has 0 aliphatic rings. The van der Waals surface area contributed by atoms with Crippen LogP contribution in [0.5, 0.6) is 0 Å². The summed E-state index contributed by atoms with van der Waals surface area (Å²) in [5.74, 6) is -2.53. The summed E-state index contributed by atoms with van der Waals surface area (Å²) < 4.78 is 95.6. The molecule has 0 spiro atoms. The minimum absolute atomic E-state index is 0.0530. The largest absolute Gasteiger partial charge is 0.467 e. The SMILES string of the molecule is COC(=O)[C@@H](Cc1cccc(F)c1)NC(=O)Cc1cc(C(F)(F)F)cc(C(F)(F)F)c1. The van der Waals surface area contributed by atoms with Gasteiger partial charge in [-0.1, -0.05) is 12.1 Å². The first-order chi connectivity index (χ1) is 14.3. The molecule has 0 saturated heterocycles. The van der Waals surface area contributed by atoms with Crippen LogP contribution in [0.25, 0.3) is 0 Å². The molecule has 0 unspecified atom stereocenters. The second-order valence-electron chi connectivity index (χ2n) is 6.57. The van der Waals surface area contributed by atoms with Gasteiger partial charge in [0.05, 0.1) is 24.7 Å². The van der Waals surface area contributed by atoms with E-state index in [-0.39, 0.29) is 12.5 Å². The van der Waals surface area contributed by atoms with Crippen molar-refractivity contribution < 1.29 is 45.1 Å². The molecule has 2 aromatic carbocycles. The third-order valence-corrected chi connectivity index (χ3v) is 4.16. The molecule has 168 valence electrons. The van der Waals surface area contributed by atoms with E-state index in [1.807, 2.05) is 0 Å². The monoisotopic (exact) mass is 451 g/mol. The molecule has 0 aromatic heterocycles. The fourth-order valence-electron chi connectivity index (χ4n) is 2.79. The number of benzene rings is 2. The van der Waals surface area contributed by atoms with E-state index in [1.54, 1.807) is 0 Å². The van der Waals surface area contributed by atoms with Crippen LogP contribution in [0, 0.1) is 5.82 Å². The zero-order valence-corrected chi connectivity index (χ0v) is 15.9. The van der Waals surface area contributed by atoms with Gasteiger partial charge in [0.15, 0.2) is 0 Å². The Morgan fingerprint density at radius 3 is 2.00 bits per heavy atom. The van der Waals surface area contributed by atoms with E-state index < -0.39 is 59.2 Å². The van der Waals surface area contributed by atoms with Gasteiger partial charge in [-0.25, -0.2) is 9.18 Å². The highest BCUT2D eigenvalue weighted by molar-refractivity contribution is 5.85. The van der Waals surface area contributed by atoms with E-state index >= 15 is 0 Å². The lowest BCUT2D eigenvalue weighted by atomic mass is 10.0. The molecule has 1 atom stereocenters. The second-order valence-corrected chi connectivity index (χ2v) is 6.57. The van der Waals surface area contributed by atoms with Crippen LogP contribution in [-0.2, 0) is 39.5 Å². The van der Waals surface area contributed by atoms with E-state index in [2.05, 4.69) is 10.1 Å². The Kier molecular flexibility index (Phi) is 7.29. The van der Waals surface area contributed by atoms with Gasteiger partial charge in [-0.05, 0) is 41.5 Å². The smallest absolute Gasteiger partial charge is 0.416 e. The summed E-state index contributed by atoms with van der Waals surface area (Å²) in [6, 6.07) is 4.56. The van der Waals surface area contributed by atoms with Crippen molar-refractivity contribution in [2.24, 2.45) is 0 Å². The molecule has 0 saturated carbocycles. The van der Waals surface area contributed by atoms with Gasteiger partial charge in [0, 0.05) is 6.42 Å². The minimum atomic E-state index is -5.06. The first-order valence-corrected chi connectivity index (χ1v) is 8.69. The topological polar surface area (TPSA) is 55.4 Å². The van der Waals surface area contributed by atoms with Crippen molar-refractivity contribution in [1.29, 1.82) is 0 Å². The number of amides is 1. The summed E-state index contributed by atoms with van der Waals surface area (Å²) in [5.41, 5.74) is -3.35. The lowest BCUT2D eigenvalue weighted by Crippen LogP contribution is -2.43. The molecule has 0 aliphatic heterocycles. The number of ether oxygens (including phenoxy) is 1. The number of carbonyl (C=O) groups is 2. The molecule has 1 N–H and O–H groups in total. The number of esters is 1. The number of halogens is 7. The quantitative estimate of drug-likeness (QED) is 0.526. The molecular formula is C20H16F7NO3. The highest BCUT2D eigenvalue weighted by atomic mass is 19.4. The Balaban J connectivity index is 2.24. The zero-order chi connectivity index (χ0) is 23.4. The Hall–Kier alpha value is -3.11. The predicted octanol–water partition coefficient (Wildman–Crippen LogP) is 4.31. The first kappa shape index (κ1) is 24.2. The van der Waals surface area contributed by atoms with Crippen LogP contribution in [0.3, 0.4) is 0 Å². The summed E-state index contributed by atoms with van der Waals surface area (Å²) in [5, 5.41) is 2.20. The van der Waals surface area contributed by atoms with Gasteiger partial charge in [-0.15, -0.1) is 0 Å². The lowest BCUT2D eigenvalue weighted by molar-refractivity contribution is -0.145. The fraction of sp³-hybridized carbons (Fsp3) is 0.300. The van der Waals surface area contributed by atoms with Crippen LogP contribution in [0.2, 0.25) is 0 Å². The highest BCUT2D eigenvalue weighted by Crippen LogP contribution is 2.36. The van der Waals surface area contributed by atoms with Gasteiger partial charge in [-0.3, -0.25) is 4.79 Å². The molecule has 0 radical (unpaired) electrons. The Morgan fingerprint density at radius 1 is 0.935 bits per heavy atom. The molecule has 31 heavy (non-hydrogen) atoms. The van der Waals surface area contributed by atoms with Crippen LogP contribution >= 0.6 is 0 Å².